The van der Waals surface area contributed by atoms with E-state index in [-0.39, 0.29) is 0 Å². The molecule has 1 aliphatic heterocycles. The van der Waals surface area contributed by atoms with E-state index < -0.39 is 0 Å². The summed E-state index contributed by atoms with van der Waals surface area (Å²) < 4.78 is 7.55. The standard InChI is InChI=1S/C16H30N4O/c1-13(2)11-17-12-16-14(3)18-20(15(16)4)6-5-19-7-9-21-10-8-19/h13,17H,5-12H2,1-4H3. The lowest BCUT2D eigenvalue weighted by molar-refractivity contribution is 0.0359. The summed E-state index contributed by atoms with van der Waals surface area (Å²) in [5.41, 5.74) is 3.82. The average molecular weight is 294 g/mol. The van der Waals surface area contributed by atoms with E-state index in [0.717, 1.165) is 58.2 Å². The number of aromatic nitrogens is 2. The molecule has 5 heteroatoms. The number of hydrogen-bond acceptors (Lipinski definition) is 4. The van der Waals surface area contributed by atoms with E-state index in [1.54, 1.807) is 0 Å². The van der Waals surface area contributed by atoms with Gasteiger partial charge in [-0.15, -0.1) is 0 Å². The number of morpholine rings is 1. The predicted molar refractivity (Wildman–Crippen MR) is 85.5 cm³/mol. The van der Waals surface area contributed by atoms with Crippen LogP contribution in [0.2, 0.25) is 0 Å². The van der Waals surface area contributed by atoms with Gasteiger partial charge in [-0.2, -0.15) is 5.10 Å². The van der Waals surface area contributed by atoms with Crippen LogP contribution >= 0.6 is 0 Å². The molecule has 0 amide bonds. The van der Waals surface area contributed by atoms with E-state index in [0.29, 0.717) is 5.92 Å². The molecule has 0 bridgehead atoms. The van der Waals surface area contributed by atoms with Crippen molar-refractivity contribution in [1.29, 1.82) is 0 Å². The summed E-state index contributed by atoms with van der Waals surface area (Å²) in [5.74, 6) is 0.682. The fourth-order valence-corrected chi connectivity index (χ4v) is 2.75. The average Bonchev–Trinajstić information content (AvgIpc) is 2.73. The van der Waals surface area contributed by atoms with Crippen molar-refractivity contribution in [3.8, 4) is 0 Å². The molecule has 0 spiro atoms. The molecule has 0 unspecified atom stereocenters. The van der Waals surface area contributed by atoms with Crippen LogP contribution in [-0.4, -0.2) is 54.1 Å². The zero-order chi connectivity index (χ0) is 15.2. The molecular formula is C16H30N4O. The van der Waals surface area contributed by atoms with Crippen LogP contribution in [0.15, 0.2) is 0 Å². The maximum atomic E-state index is 5.39. The fourth-order valence-electron chi connectivity index (χ4n) is 2.75. The number of nitrogens with one attached hydrogen (secondary N) is 1. The molecule has 1 aliphatic rings. The number of hydrogen-bond donors (Lipinski definition) is 1. The van der Waals surface area contributed by atoms with E-state index in [4.69, 9.17) is 9.84 Å². The van der Waals surface area contributed by atoms with Crippen LogP contribution in [0, 0.1) is 19.8 Å². The molecule has 0 aliphatic carbocycles. The number of rotatable bonds is 7. The number of aryl methyl sites for hydroxylation is 1. The van der Waals surface area contributed by atoms with Crippen LogP contribution in [0.25, 0.3) is 0 Å². The minimum atomic E-state index is 0.682. The van der Waals surface area contributed by atoms with Gasteiger partial charge >= 0.3 is 0 Å². The Labute approximate surface area is 128 Å². The molecule has 1 N–H and O–H groups in total. The normalized spacial score (nSPS) is 16.8. The third-order valence-electron chi connectivity index (χ3n) is 4.12. The van der Waals surface area contributed by atoms with E-state index in [9.17, 15) is 0 Å². The minimum Gasteiger partial charge on any atom is -0.379 e. The van der Waals surface area contributed by atoms with Gasteiger partial charge in [-0.25, -0.2) is 0 Å². The molecule has 2 heterocycles. The first-order valence-electron chi connectivity index (χ1n) is 8.11. The Morgan fingerprint density at radius 3 is 2.57 bits per heavy atom. The molecule has 1 aromatic rings. The maximum Gasteiger partial charge on any atom is 0.0641 e. The van der Waals surface area contributed by atoms with Crippen LogP contribution < -0.4 is 5.32 Å². The van der Waals surface area contributed by atoms with Gasteiger partial charge in [0.05, 0.1) is 25.5 Å². The van der Waals surface area contributed by atoms with Crippen LogP contribution in [0.5, 0.6) is 0 Å². The van der Waals surface area contributed by atoms with Gasteiger partial charge in [0.2, 0.25) is 0 Å². The highest BCUT2D eigenvalue weighted by Gasteiger charge is 2.14. The topological polar surface area (TPSA) is 42.3 Å². The van der Waals surface area contributed by atoms with Crippen molar-refractivity contribution in [1.82, 2.24) is 20.0 Å². The van der Waals surface area contributed by atoms with Crippen molar-refractivity contribution in [2.24, 2.45) is 5.92 Å². The summed E-state index contributed by atoms with van der Waals surface area (Å²) in [6.45, 7) is 16.6. The maximum absolute atomic E-state index is 5.39. The van der Waals surface area contributed by atoms with Gasteiger partial charge in [-0.1, -0.05) is 13.8 Å². The summed E-state index contributed by atoms with van der Waals surface area (Å²) in [5, 5.41) is 8.23. The van der Waals surface area contributed by atoms with Crippen LogP contribution in [0.1, 0.15) is 30.8 Å². The molecular weight excluding hydrogens is 264 g/mol. The number of ether oxygens (including phenoxy) is 1. The highest BCUT2D eigenvalue weighted by Crippen LogP contribution is 2.13. The monoisotopic (exact) mass is 294 g/mol. The van der Waals surface area contributed by atoms with Crippen molar-refractivity contribution < 1.29 is 4.74 Å². The van der Waals surface area contributed by atoms with Gasteiger partial charge in [0.25, 0.3) is 0 Å². The summed E-state index contributed by atoms with van der Waals surface area (Å²) in [6.07, 6.45) is 0. The largest absolute Gasteiger partial charge is 0.379 e. The Morgan fingerprint density at radius 2 is 1.90 bits per heavy atom. The first-order valence-corrected chi connectivity index (χ1v) is 8.11. The van der Waals surface area contributed by atoms with Crippen molar-refractivity contribution in [2.45, 2.75) is 40.8 Å². The molecule has 5 nitrogen and oxygen atoms in total. The first kappa shape index (κ1) is 16.5. The lowest BCUT2D eigenvalue weighted by atomic mass is 10.2. The molecule has 0 aromatic carbocycles. The zero-order valence-corrected chi connectivity index (χ0v) is 14.0. The summed E-state index contributed by atoms with van der Waals surface area (Å²) >= 11 is 0. The summed E-state index contributed by atoms with van der Waals surface area (Å²) in [7, 11) is 0. The summed E-state index contributed by atoms with van der Waals surface area (Å²) in [4.78, 5) is 2.45. The van der Waals surface area contributed by atoms with Gasteiger partial charge in [0, 0.05) is 37.4 Å². The number of nitrogens with zero attached hydrogens (tertiary/aromatic N) is 3. The second-order valence-electron chi connectivity index (χ2n) is 6.35. The third-order valence-corrected chi connectivity index (χ3v) is 4.12. The van der Waals surface area contributed by atoms with E-state index >= 15 is 0 Å². The lowest BCUT2D eigenvalue weighted by Crippen LogP contribution is -2.38. The highest BCUT2D eigenvalue weighted by atomic mass is 16.5. The van der Waals surface area contributed by atoms with Crippen molar-refractivity contribution in [3.05, 3.63) is 17.0 Å². The molecule has 2 rings (SSSR count). The fraction of sp³-hybridized carbons (Fsp3) is 0.812. The molecule has 0 saturated carbocycles. The zero-order valence-electron chi connectivity index (χ0n) is 14.0. The Hall–Kier alpha value is -0.910. The molecule has 1 saturated heterocycles. The third kappa shape index (κ3) is 4.80. The van der Waals surface area contributed by atoms with E-state index in [2.05, 4.69) is 42.6 Å². The molecule has 0 atom stereocenters. The molecule has 1 aromatic heterocycles. The van der Waals surface area contributed by atoms with Crippen molar-refractivity contribution >= 4 is 0 Å². The Morgan fingerprint density at radius 1 is 1.19 bits per heavy atom. The quantitative estimate of drug-likeness (QED) is 0.829. The van der Waals surface area contributed by atoms with Crippen molar-refractivity contribution in [3.63, 3.8) is 0 Å². The molecule has 120 valence electrons. The second kappa shape index (κ2) is 7.92. The Balaban J connectivity index is 1.88. The smallest absolute Gasteiger partial charge is 0.0641 e. The Kier molecular flexibility index (Phi) is 6.21. The molecule has 0 radical (unpaired) electrons. The molecule has 21 heavy (non-hydrogen) atoms. The van der Waals surface area contributed by atoms with Gasteiger partial charge in [0.15, 0.2) is 0 Å². The van der Waals surface area contributed by atoms with Gasteiger partial charge < -0.3 is 10.1 Å². The van der Waals surface area contributed by atoms with Crippen molar-refractivity contribution in [2.75, 3.05) is 39.4 Å². The van der Waals surface area contributed by atoms with Gasteiger partial charge in [0.1, 0.15) is 0 Å². The van der Waals surface area contributed by atoms with Crippen LogP contribution in [-0.2, 0) is 17.8 Å². The SMILES string of the molecule is Cc1nn(CCN2CCOCC2)c(C)c1CNCC(C)C. The molecule has 1 fully saturated rings. The highest BCUT2D eigenvalue weighted by molar-refractivity contribution is 5.24. The lowest BCUT2D eigenvalue weighted by Gasteiger charge is -2.26. The van der Waals surface area contributed by atoms with Gasteiger partial charge in [-0.3, -0.25) is 9.58 Å². The van der Waals surface area contributed by atoms with E-state index in [1.807, 2.05) is 0 Å². The van der Waals surface area contributed by atoms with Crippen LogP contribution in [0.4, 0.5) is 0 Å². The second-order valence-corrected chi connectivity index (χ2v) is 6.35. The predicted octanol–water partition coefficient (Wildman–Crippen LogP) is 1.58. The Bertz CT molecular complexity index is 436. The van der Waals surface area contributed by atoms with Crippen LogP contribution in [0.3, 0.4) is 0 Å². The summed E-state index contributed by atoms with van der Waals surface area (Å²) in [6, 6.07) is 0. The van der Waals surface area contributed by atoms with Gasteiger partial charge in [-0.05, 0) is 26.3 Å². The van der Waals surface area contributed by atoms with E-state index in [1.165, 1.54) is 11.3 Å². The minimum absolute atomic E-state index is 0.682. The first-order chi connectivity index (χ1) is 10.1.